The molecule has 0 radical (unpaired) electrons. The predicted molar refractivity (Wildman–Crippen MR) is 76.4 cm³/mol. The van der Waals surface area contributed by atoms with E-state index in [0.29, 0.717) is 6.61 Å². The van der Waals surface area contributed by atoms with Gasteiger partial charge in [0.1, 0.15) is 12.4 Å². The Morgan fingerprint density at radius 2 is 1.80 bits per heavy atom. The number of aliphatic hydroxyl groups is 2. The van der Waals surface area contributed by atoms with Gasteiger partial charge in [0.25, 0.3) is 0 Å². The molecule has 2 aromatic rings. The smallest absolute Gasteiger partial charge is 0.120 e. The summed E-state index contributed by atoms with van der Waals surface area (Å²) in [5.74, 6) is 0.837. The van der Waals surface area contributed by atoms with Gasteiger partial charge in [0.2, 0.25) is 0 Å². The largest absolute Gasteiger partial charge is 0.489 e. The van der Waals surface area contributed by atoms with Gasteiger partial charge in [-0.2, -0.15) is 0 Å². The van der Waals surface area contributed by atoms with E-state index in [1.807, 2.05) is 42.5 Å². The Balaban J connectivity index is 1.66. The summed E-state index contributed by atoms with van der Waals surface area (Å²) in [5, 5.41) is 18.8. The molecule has 0 fully saturated rings. The van der Waals surface area contributed by atoms with Gasteiger partial charge in [-0.1, -0.05) is 30.3 Å². The van der Waals surface area contributed by atoms with Gasteiger partial charge in [0, 0.05) is 0 Å². The van der Waals surface area contributed by atoms with Crippen LogP contribution in [0.25, 0.3) is 0 Å². The van der Waals surface area contributed by atoms with E-state index < -0.39 is 0 Å². The highest BCUT2D eigenvalue weighted by Crippen LogP contribution is 2.33. The summed E-state index contributed by atoms with van der Waals surface area (Å²) in [6.07, 6.45) is 1.41. The first-order valence-electron chi connectivity index (χ1n) is 6.88. The SMILES string of the molecule is OCc1ccc(COc2ccc3c(c2)CC[C@H]3O)cc1. The molecule has 3 rings (SSSR count). The van der Waals surface area contributed by atoms with E-state index in [4.69, 9.17) is 9.84 Å². The van der Waals surface area contributed by atoms with Crippen molar-refractivity contribution in [2.45, 2.75) is 32.2 Å². The van der Waals surface area contributed by atoms with Crippen molar-refractivity contribution in [3.63, 3.8) is 0 Å². The second-order valence-electron chi connectivity index (χ2n) is 5.18. The second kappa shape index (κ2) is 5.65. The molecule has 1 aliphatic carbocycles. The molecule has 2 aromatic carbocycles. The van der Waals surface area contributed by atoms with Crippen LogP contribution < -0.4 is 4.74 Å². The van der Waals surface area contributed by atoms with Crippen LogP contribution in [0, 0.1) is 0 Å². The highest BCUT2D eigenvalue weighted by atomic mass is 16.5. The lowest BCUT2D eigenvalue weighted by Crippen LogP contribution is -1.97. The molecule has 104 valence electrons. The molecule has 0 saturated carbocycles. The molecule has 0 bridgehead atoms. The van der Waals surface area contributed by atoms with Crippen LogP contribution in [0.15, 0.2) is 42.5 Å². The van der Waals surface area contributed by atoms with Gasteiger partial charge in [0.05, 0.1) is 12.7 Å². The van der Waals surface area contributed by atoms with E-state index in [1.54, 1.807) is 0 Å². The molecule has 2 N–H and O–H groups in total. The maximum atomic E-state index is 9.77. The van der Waals surface area contributed by atoms with Gasteiger partial charge < -0.3 is 14.9 Å². The van der Waals surface area contributed by atoms with Crippen LogP contribution in [-0.4, -0.2) is 10.2 Å². The number of ether oxygens (including phenoxy) is 1. The van der Waals surface area contributed by atoms with Crippen LogP contribution in [0.1, 0.15) is 34.8 Å². The fourth-order valence-corrected chi connectivity index (χ4v) is 2.57. The van der Waals surface area contributed by atoms with Crippen LogP contribution in [0.5, 0.6) is 5.75 Å². The van der Waals surface area contributed by atoms with Crippen molar-refractivity contribution in [2.75, 3.05) is 0 Å². The van der Waals surface area contributed by atoms with E-state index in [1.165, 1.54) is 5.56 Å². The minimum atomic E-state index is -0.315. The third kappa shape index (κ3) is 2.69. The fraction of sp³-hybridized carbons (Fsp3) is 0.294. The zero-order valence-electron chi connectivity index (χ0n) is 11.2. The number of rotatable bonds is 4. The van der Waals surface area contributed by atoms with Crippen molar-refractivity contribution in [3.05, 3.63) is 64.7 Å². The van der Waals surface area contributed by atoms with Crippen molar-refractivity contribution in [1.82, 2.24) is 0 Å². The average Bonchev–Trinajstić information content (AvgIpc) is 2.87. The summed E-state index contributed by atoms with van der Waals surface area (Å²) in [6.45, 7) is 0.571. The second-order valence-corrected chi connectivity index (χ2v) is 5.18. The monoisotopic (exact) mass is 270 g/mol. The van der Waals surface area contributed by atoms with Gasteiger partial charge in [-0.15, -0.1) is 0 Å². The number of aryl methyl sites for hydroxylation is 1. The third-order valence-electron chi connectivity index (χ3n) is 3.77. The van der Waals surface area contributed by atoms with Gasteiger partial charge in [-0.3, -0.25) is 0 Å². The minimum absolute atomic E-state index is 0.0638. The third-order valence-corrected chi connectivity index (χ3v) is 3.77. The van der Waals surface area contributed by atoms with Crippen molar-refractivity contribution in [1.29, 1.82) is 0 Å². The van der Waals surface area contributed by atoms with Crippen molar-refractivity contribution in [2.24, 2.45) is 0 Å². The summed E-state index contributed by atoms with van der Waals surface area (Å²) < 4.78 is 5.78. The van der Waals surface area contributed by atoms with Crippen LogP contribution in [0.3, 0.4) is 0 Å². The zero-order chi connectivity index (χ0) is 13.9. The molecule has 3 nitrogen and oxygen atoms in total. The minimum Gasteiger partial charge on any atom is -0.489 e. The lowest BCUT2D eigenvalue weighted by Gasteiger charge is -2.09. The Morgan fingerprint density at radius 1 is 1.05 bits per heavy atom. The number of benzene rings is 2. The van der Waals surface area contributed by atoms with Crippen molar-refractivity contribution < 1.29 is 14.9 Å². The maximum Gasteiger partial charge on any atom is 0.120 e. The Labute approximate surface area is 118 Å². The average molecular weight is 270 g/mol. The summed E-state index contributed by atoms with van der Waals surface area (Å²) in [4.78, 5) is 0. The first-order valence-corrected chi connectivity index (χ1v) is 6.88. The number of hydrogen-bond donors (Lipinski definition) is 2. The zero-order valence-corrected chi connectivity index (χ0v) is 11.2. The molecule has 1 aliphatic rings. The summed E-state index contributed by atoms with van der Waals surface area (Å²) in [7, 11) is 0. The molecular weight excluding hydrogens is 252 g/mol. The molecule has 0 amide bonds. The van der Waals surface area contributed by atoms with Gasteiger partial charge in [0.15, 0.2) is 0 Å². The molecule has 3 heteroatoms. The topological polar surface area (TPSA) is 49.7 Å². The molecule has 0 saturated heterocycles. The molecular formula is C17H18O3. The number of aliphatic hydroxyl groups excluding tert-OH is 2. The maximum absolute atomic E-state index is 9.77. The van der Waals surface area contributed by atoms with Crippen molar-refractivity contribution >= 4 is 0 Å². The summed E-state index contributed by atoms with van der Waals surface area (Å²) >= 11 is 0. The standard InChI is InChI=1S/C17H18O3/c18-10-12-1-3-13(4-2-12)11-20-15-6-7-16-14(9-15)5-8-17(16)19/h1-4,6-7,9,17-19H,5,8,10-11H2/t17-/m1/s1. The molecule has 0 heterocycles. The van der Waals surface area contributed by atoms with E-state index in [-0.39, 0.29) is 12.7 Å². The lowest BCUT2D eigenvalue weighted by atomic mass is 10.1. The molecule has 0 aliphatic heterocycles. The number of hydrogen-bond acceptors (Lipinski definition) is 3. The quantitative estimate of drug-likeness (QED) is 0.898. The van der Waals surface area contributed by atoms with Crippen LogP contribution in [0.2, 0.25) is 0 Å². The molecule has 0 spiro atoms. The Kier molecular flexibility index (Phi) is 3.72. The van der Waals surface area contributed by atoms with E-state index in [9.17, 15) is 5.11 Å². The molecule has 20 heavy (non-hydrogen) atoms. The first kappa shape index (κ1) is 13.2. The van der Waals surface area contributed by atoms with E-state index >= 15 is 0 Å². The summed E-state index contributed by atoms with van der Waals surface area (Å²) in [5.41, 5.74) is 4.19. The first-order chi connectivity index (χ1) is 9.76. The Hall–Kier alpha value is -1.84. The Morgan fingerprint density at radius 3 is 2.55 bits per heavy atom. The lowest BCUT2D eigenvalue weighted by molar-refractivity contribution is 0.180. The van der Waals surface area contributed by atoms with Gasteiger partial charge >= 0.3 is 0 Å². The van der Waals surface area contributed by atoms with Gasteiger partial charge in [-0.25, -0.2) is 0 Å². The van der Waals surface area contributed by atoms with E-state index in [0.717, 1.165) is 35.3 Å². The highest BCUT2D eigenvalue weighted by Gasteiger charge is 2.20. The highest BCUT2D eigenvalue weighted by molar-refractivity contribution is 5.40. The summed E-state index contributed by atoms with van der Waals surface area (Å²) in [6, 6.07) is 13.6. The van der Waals surface area contributed by atoms with Gasteiger partial charge in [-0.05, 0) is 47.2 Å². The van der Waals surface area contributed by atoms with E-state index in [2.05, 4.69) is 0 Å². The van der Waals surface area contributed by atoms with Crippen LogP contribution in [-0.2, 0) is 19.6 Å². The number of fused-ring (bicyclic) bond motifs is 1. The molecule has 0 aromatic heterocycles. The normalized spacial score (nSPS) is 17.0. The van der Waals surface area contributed by atoms with Crippen molar-refractivity contribution in [3.8, 4) is 5.75 Å². The van der Waals surface area contributed by atoms with Crippen LogP contribution in [0.4, 0.5) is 0 Å². The predicted octanol–water partition coefficient (Wildman–Crippen LogP) is 2.74. The van der Waals surface area contributed by atoms with Crippen LogP contribution >= 0.6 is 0 Å². The fourth-order valence-electron chi connectivity index (χ4n) is 2.57. The molecule has 0 unspecified atom stereocenters. The molecule has 1 atom stereocenters. The Bertz CT molecular complexity index is 590.